The van der Waals surface area contributed by atoms with Crippen LogP contribution in [-0.4, -0.2) is 59.9 Å². The van der Waals surface area contributed by atoms with Crippen molar-refractivity contribution in [3.05, 3.63) is 217 Å². The van der Waals surface area contributed by atoms with E-state index in [0.717, 1.165) is 38.9 Å². The van der Waals surface area contributed by atoms with Crippen LogP contribution in [0.4, 0.5) is 0 Å². The summed E-state index contributed by atoms with van der Waals surface area (Å²) in [7, 11) is 1.62. The number of amides is 1. The lowest BCUT2D eigenvalue weighted by Gasteiger charge is -2.12. The first-order valence-corrected chi connectivity index (χ1v) is 20.3. The summed E-state index contributed by atoms with van der Waals surface area (Å²) in [5.74, 6) is -1.18. The molecule has 6 aromatic carbocycles. The highest BCUT2D eigenvalue weighted by Crippen LogP contribution is 2.33. The van der Waals surface area contributed by atoms with Gasteiger partial charge in [0.05, 0.1) is 35.3 Å². The molecular formula is C55H50ClN7O4. The molecule has 67 heavy (non-hydrogen) atoms. The molecule has 11 nitrogen and oxygen atoms in total. The molecule has 0 aliphatic carbocycles. The molecular weight excluding hydrogens is 858 g/mol. The number of aromatic nitrogens is 6. The van der Waals surface area contributed by atoms with Crippen LogP contribution in [0.3, 0.4) is 0 Å². The smallest absolute Gasteiger partial charge is 0.338 e. The maximum Gasteiger partial charge on any atom is 0.338 e. The number of carbonyl (C=O) groups is 3. The second-order valence-electron chi connectivity index (χ2n) is 13.8. The first-order chi connectivity index (χ1) is 31.4. The number of benzene rings is 6. The highest BCUT2D eigenvalue weighted by molar-refractivity contribution is 6.68. The van der Waals surface area contributed by atoms with Gasteiger partial charge in [-0.15, -0.1) is 15.3 Å². The molecule has 0 spiro atoms. The Morgan fingerprint density at radius 2 is 0.657 bits per heavy atom. The highest BCUT2D eigenvalue weighted by atomic mass is 35.5. The zero-order valence-corrected chi connectivity index (χ0v) is 35.0. The number of aromatic carboxylic acids is 1. The Morgan fingerprint density at radius 3 is 0.940 bits per heavy atom. The Balaban J connectivity index is 0.000000215. The van der Waals surface area contributed by atoms with E-state index >= 15 is 0 Å². The monoisotopic (exact) mass is 907 g/mol. The zero-order chi connectivity index (χ0) is 44.7. The summed E-state index contributed by atoms with van der Waals surface area (Å²) in [5.41, 5.74) is 9.61. The van der Waals surface area contributed by atoms with Crippen molar-refractivity contribution in [3.63, 3.8) is 0 Å². The van der Waals surface area contributed by atoms with Gasteiger partial charge in [-0.25, -0.2) is 4.79 Å². The molecule has 0 bridgehead atoms. The Kier molecular flexibility index (Phi) is 19.1. The lowest BCUT2D eigenvalue weighted by atomic mass is 9.97. The number of hydrogen-bond donors (Lipinski definition) is 2. The van der Waals surface area contributed by atoms with Gasteiger partial charge < -0.3 is 10.4 Å². The van der Waals surface area contributed by atoms with Crippen LogP contribution < -0.4 is 5.32 Å². The molecule has 0 aliphatic heterocycles. The van der Waals surface area contributed by atoms with Crippen molar-refractivity contribution in [2.45, 2.75) is 22.3 Å². The second-order valence-corrected chi connectivity index (χ2v) is 14.1. The summed E-state index contributed by atoms with van der Waals surface area (Å²) in [5, 5.41) is 36.1. The molecule has 2 N–H and O–H groups in total. The van der Waals surface area contributed by atoms with Gasteiger partial charge in [0.2, 0.25) is 0 Å². The first kappa shape index (κ1) is 51.1. The molecule has 0 saturated heterocycles. The quantitative estimate of drug-likeness (QED) is 0.133. The van der Waals surface area contributed by atoms with Gasteiger partial charge in [0.25, 0.3) is 11.1 Å². The summed E-state index contributed by atoms with van der Waals surface area (Å²) in [6.45, 7) is 0. The van der Waals surface area contributed by atoms with E-state index in [1.165, 1.54) is 6.20 Å². The van der Waals surface area contributed by atoms with E-state index < -0.39 is 11.2 Å². The van der Waals surface area contributed by atoms with E-state index in [1.807, 2.05) is 182 Å². The van der Waals surface area contributed by atoms with Crippen molar-refractivity contribution in [1.29, 1.82) is 0 Å². The molecule has 0 radical (unpaired) electrons. The Labute approximate surface area is 396 Å². The SMILES string of the molecule is C.C.C.CNC(=O)c1c(-c2ccccc2)cnnc1-c1ccccc1.O=C(Cl)c1c(-c2ccccc2)cnnc1-c1ccccc1.O=C(O)c1c(-c2ccccc2)cnnc1-c1ccccc1. The van der Waals surface area contributed by atoms with E-state index in [0.29, 0.717) is 39.3 Å². The Hall–Kier alpha value is -8.54. The third-order valence-electron chi connectivity index (χ3n) is 9.81. The Bertz CT molecular complexity index is 2680. The molecule has 3 heterocycles. The number of halogens is 1. The van der Waals surface area contributed by atoms with Gasteiger partial charge >= 0.3 is 5.97 Å². The lowest BCUT2D eigenvalue weighted by Crippen LogP contribution is -2.20. The van der Waals surface area contributed by atoms with Gasteiger partial charge in [-0.3, -0.25) is 9.59 Å². The van der Waals surface area contributed by atoms with Crippen molar-refractivity contribution in [3.8, 4) is 67.2 Å². The minimum atomic E-state index is -1.01. The third kappa shape index (κ3) is 12.4. The molecule has 9 aromatic rings. The molecule has 1 amide bonds. The first-order valence-electron chi connectivity index (χ1n) is 19.9. The fourth-order valence-electron chi connectivity index (χ4n) is 6.83. The average Bonchev–Trinajstić information content (AvgIpc) is 3.37. The minimum absolute atomic E-state index is 0. The van der Waals surface area contributed by atoms with Crippen LogP contribution in [0.15, 0.2) is 201 Å². The second kappa shape index (κ2) is 25.1. The van der Waals surface area contributed by atoms with Gasteiger partial charge in [-0.2, -0.15) is 15.3 Å². The largest absolute Gasteiger partial charge is 0.478 e. The van der Waals surface area contributed by atoms with Gasteiger partial charge in [-0.1, -0.05) is 204 Å². The van der Waals surface area contributed by atoms with Crippen LogP contribution in [0.1, 0.15) is 53.4 Å². The number of carbonyl (C=O) groups excluding carboxylic acids is 2. The number of rotatable bonds is 9. The number of carboxylic acids is 1. The minimum Gasteiger partial charge on any atom is -0.478 e. The average molecular weight is 909 g/mol. The number of nitrogens with zero attached hydrogens (tertiary/aromatic N) is 6. The van der Waals surface area contributed by atoms with Crippen molar-refractivity contribution in [2.24, 2.45) is 0 Å². The zero-order valence-electron chi connectivity index (χ0n) is 34.3. The fraction of sp³-hybridized carbons (Fsp3) is 0.0727. The summed E-state index contributed by atoms with van der Waals surface area (Å²) in [6, 6.07) is 56.8. The van der Waals surface area contributed by atoms with Crippen LogP contribution in [0.5, 0.6) is 0 Å². The molecule has 3 aromatic heterocycles. The fourth-order valence-corrected chi connectivity index (χ4v) is 7.02. The molecule has 336 valence electrons. The standard InChI is InChI=1S/C18H15N3O.C17H11ClN2O.C17H12N2O2.3CH4/c1-19-18(22)16-15(13-8-4-2-5-9-13)12-20-21-17(16)14-10-6-3-7-11-14;18-17(21)15-14(12-7-3-1-4-8-12)11-19-20-16(15)13-9-5-2-6-10-13;20-17(21)15-14(12-7-3-1-4-8-12)11-18-19-16(15)13-9-5-2-6-10-13;;;/h2-12H,1H3,(H,19,22);1-11H;1-11H,(H,20,21);3*1H4. The summed E-state index contributed by atoms with van der Waals surface area (Å²) in [4.78, 5) is 36.1. The number of hydrogen-bond acceptors (Lipinski definition) is 9. The van der Waals surface area contributed by atoms with E-state index in [2.05, 4.69) is 35.9 Å². The van der Waals surface area contributed by atoms with Crippen molar-refractivity contribution in [2.75, 3.05) is 7.05 Å². The Morgan fingerprint density at radius 1 is 0.403 bits per heavy atom. The molecule has 9 rings (SSSR count). The normalized spacial score (nSPS) is 9.82. The summed E-state index contributed by atoms with van der Waals surface area (Å²) < 4.78 is 0. The number of carboxylic acid groups (broad SMARTS) is 1. The summed E-state index contributed by atoms with van der Waals surface area (Å²) in [6.07, 6.45) is 4.69. The topological polar surface area (TPSA) is 161 Å². The predicted molar refractivity (Wildman–Crippen MR) is 269 cm³/mol. The van der Waals surface area contributed by atoms with Gasteiger partial charge in [-0.05, 0) is 28.3 Å². The van der Waals surface area contributed by atoms with Gasteiger partial charge in [0, 0.05) is 40.4 Å². The molecule has 0 atom stereocenters. The van der Waals surface area contributed by atoms with Crippen molar-refractivity contribution >= 4 is 28.7 Å². The maximum absolute atomic E-state index is 12.4. The molecule has 0 aliphatic rings. The van der Waals surface area contributed by atoms with Crippen molar-refractivity contribution in [1.82, 2.24) is 35.9 Å². The number of nitrogens with one attached hydrogen (secondary N) is 1. The van der Waals surface area contributed by atoms with Crippen LogP contribution >= 0.6 is 11.6 Å². The van der Waals surface area contributed by atoms with E-state index in [9.17, 15) is 19.5 Å². The molecule has 0 unspecified atom stereocenters. The highest BCUT2D eigenvalue weighted by Gasteiger charge is 2.22. The maximum atomic E-state index is 12.4. The van der Waals surface area contributed by atoms with Crippen LogP contribution in [-0.2, 0) is 0 Å². The van der Waals surface area contributed by atoms with Gasteiger partial charge in [0.15, 0.2) is 0 Å². The van der Waals surface area contributed by atoms with Crippen LogP contribution in [0, 0.1) is 0 Å². The van der Waals surface area contributed by atoms with Crippen LogP contribution in [0.25, 0.3) is 67.2 Å². The van der Waals surface area contributed by atoms with E-state index in [1.54, 1.807) is 19.4 Å². The third-order valence-corrected chi connectivity index (χ3v) is 10.0. The molecule has 12 heteroatoms. The van der Waals surface area contributed by atoms with E-state index in [-0.39, 0.29) is 33.8 Å². The summed E-state index contributed by atoms with van der Waals surface area (Å²) >= 11 is 5.81. The molecule has 0 saturated carbocycles. The van der Waals surface area contributed by atoms with E-state index in [4.69, 9.17) is 11.6 Å². The lowest BCUT2D eigenvalue weighted by molar-refractivity contribution is 0.0697. The molecule has 0 fully saturated rings. The predicted octanol–water partition coefficient (Wildman–Crippen LogP) is 12.8. The van der Waals surface area contributed by atoms with Crippen LogP contribution in [0.2, 0.25) is 0 Å². The van der Waals surface area contributed by atoms with Crippen molar-refractivity contribution < 1.29 is 19.5 Å². The van der Waals surface area contributed by atoms with Gasteiger partial charge in [0.1, 0.15) is 17.1 Å².